The lowest BCUT2D eigenvalue weighted by Gasteiger charge is -2.14. The molecule has 0 aromatic carbocycles. The summed E-state index contributed by atoms with van der Waals surface area (Å²) in [5.41, 5.74) is 0.936. The van der Waals surface area contributed by atoms with Crippen LogP contribution in [0.15, 0.2) is 12.4 Å². The van der Waals surface area contributed by atoms with Gasteiger partial charge in [0.2, 0.25) is 0 Å². The van der Waals surface area contributed by atoms with E-state index in [4.69, 9.17) is 5.11 Å². The fourth-order valence-electron chi connectivity index (χ4n) is 1.84. The predicted molar refractivity (Wildman–Crippen MR) is 70.5 cm³/mol. The van der Waals surface area contributed by atoms with Crippen molar-refractivity contribution < 1.29 is 9.90 Å². The highest BCUT2D eigenvalue weighted by atomic mass is 16.4. The number of rotatable bonds is 8. The molecule has 5 nitrogen and oxygen atoms in total. The van der Waals surface area contributed by atoms with E-state index < -0.39 is 5.97 Å². The molecule has 0 saturated carbocycles. The maximum Gasteiger partial charge on any atom is 0.303 e. The molecule has 0 aliphatic rings. The molecule has 0 aliphatic carbocycles. The maximum absolute atomic E-state index is 10.5. The van der Waals surface area contributed by atoms with Crippen molar-refractivity contribution in [1.29, 1.82) is 0 Å². The van der Waals surface area contributed by atoms with Crippen LogP contribution < -0.4 is 5.32 Å². The van der Waals surface area contributed by atoms with Gasteiger partial charge in [-0.2, -0.15) is 0 Å². The normalized spacial score (nSPS) is 12.1. The zero-order chi connectivity index (χ0) is 13.4. The molecular weight excluding hydrogens is 230 g/mol. The second-order valence-corrected chi connectivity index (χ2v) is 4.47. The molecule has 1 aromatic heterocycles. The summed E-state index contributed by atoms with van der Waals surface area (Å²) < 4.78 is 0. The Bertz CT molecular complexity index is 382. The van der Waals surface area contributed by atoms with Gasteiger partial charge in [0.15, 0.2) is 0 Å². The number of carbonyl (C=O) groups is 1. The van der Waals surface area contributed by atoms with E-state index in [-0.39, 0.29) is 6.42 Å². The van der Waals surface area contributed by atoms with Gasteiger partial charge in [0.25, 0.3) is 0 Å². The third kappa shape index (κ3) is 5.61. The topological polar surface area (TPSA) is 75.1 Å². The zero-order valence-electron chi connectivity index (χ0n) is 11.0. The van der Waals surface area contributed by atoms with Crippen LogP contribution in [0.3, 0.4) is 0 Å². The largest absolute Gasteiger partial charge is 0.481 e. The summed E-state index contributed by atoms with van der Waals surface area (Å²) in [4.78, 5) is 18.7. The molecule has 0 spiro atoms. The third-order valence-corrected chi connectivity index (χ3v) is 3.01. The van der Waals surface area contributed by atoms with Crippen molar-refractivity contribution in [2.75, 3.05) is 11.9 Å². The van der Waals surface area contributed by atoms with Crippen molar-refractivity contribution >= 4 is 11.8 Å². The number of nitrogens with one attached hydrogen (secondary N) is 1. The van der Waals surface area contributed by atoms with Gasteiger partial charge in [0.1, 0.15) is 12.1 Å². The highest BCUT2D eigenvalue weighted by Crippen LogP contribution is 2.15. The van der Waals surface area contributed by atoms with Gasteiger partial charge in [0, 0.05) is 24.7 Å². The average Bonchev–Trinajstić information content (AvgIpc) is 2.33. The summed E-state index contributed by atoms with van der Waals surface area (Å²) >= 11 is 0. The highest BCUT2D eigenvalue weighted by Gasteiger charge is 2.08. The van der Waals surface area contributed by atoms with E-state index in [1.165, 1.54) is 0 Å². The summed E-state index contributed by atoms with van der Waals surface area (Å²) in [5, 5.41) is 11.9. The number of hydrogen-bond acceptors (Lipinski definition) is 4. The Morgan fingerprint density at radius 3 is 2.83 bits per heavy atom. The minimum Gasteiger partial charge on any atom is -0.481 e. The monoisotopic (exact) mass is 251 g/mol. The van der Waals surface area contributed by atoms with Gasteiger partial charge in [-0.25, -0.2) is 9.97 Å². The lowest BCUT2D eigenvalue weighted by atomic mass is 9.97. The number of carboxylic acids is 1. The molecule has 0 saturated heterocycles. The van der Waals surface area contributed by atoms with Gasteiger partial charge in [-0.1, -0.05) is 13.3 Å². The van der Waals surface area contributed by atoms with E-state index in [0.717, 1.165) is 37.3 Å². The molecule has 0 aliphatic heterocycles. The fraction of sp³-hybridized carbons (Fsp3) is 0.615. The van der Waals surface area contributed by atoms with Crippen LogP contribution in [-0.4, -0.2) is 27.6 Å². The van der Waals surface area contributed by atoms with Gasteiger partial charge in [0.05, 0.1) is 0 Å². The summed E-state index contributed by atoms with van der Waals surface area (Å²) in [5.74, 6) is 0.569. The second-order valence-electron chi connectivity index (χ2n) is 4.47. The van der Waals surface area contributed by atoms with Crippen LogP contribution in [0.4, 0.5) is 5.82 Å². The Kier molecular flexibility index (Phi) is 6.11. The first kappa shape index (κ1) is 14.4. The number of aryl methyl sites for hydroxylation is 1. The molecule has 100 valence electrons. The number of aromatic nitrogens is 2. The first-order chi connectivity index (χ1) is 8.61. The fourth-order valence-corrected chi connectivity index (χ4v) is 1.84. The minimum absolute atomic E-state index is 0.255. The Hall–Kier alpha value is -1.65. The van der Waals surface area contributed by atoms with Crippen molar-refractivity contribution in [3.8, 4) is 0 Å². The van der Waals surface area contributed by atoms with Crippen LogP contribution in [0.25, 0.3) is 0 Å². The smallest absolute Gasteiger partial charge is 0.303 e. The van der Waals surface area contributed by atoms with E-state index >= 15 is 0 Å². The number of anilines is 1. The zero-order valence-corrected chi connectivity index (χ0v) is 11.0. The van der Waals surface area contributed by atoms with Gasteiger partial charge in [-0.15, -0.1) is 0 Å². The summed E-state index contributed by atoms with van der Waals surface area (Å²) in [6.45, 7) is 4.84. The highest BCUT2D eigenvalue weighted by molar-refractivity contribution is 5.66. The molecule has 1 heterocycles. The summed E-state index contributed by atoms with van der Waals surface area (Å²) in [6.07, 6.45) is 4.52. The van der Waals surface area contributed by atoms with Crippen LogP contribution in [0, 0.1) is 12.8 Å². The first-order valence-electron chi connectivity index (χ1n) is 6.36. The van der Waals surface area contributed by atoms with Gasteiger partial charge in [-0.05, 0) is 25.7 Å². The first-order valence-corrected chi connectivity index (χ1v) is 6.36. The molecule has 1 atom stereocenters. The van der Waals surface area contributed by atoms with Crippen molar-refractivity contribution in [3.63, 3.8) is 0 Å². The van der Waals surface area contributed by atoms with Gasteiger partial charge in [-0.3, -0.25) is 4.79 Å². The number of hydrogen-bond donors (Lipinski definition) is 2. The van der Waals surface area contributed by atoms with Gasteiger partial charge >= 0.3 is 5.97 Å². The Balaban J connectivity index is 2.28. The number of nitrogens with zero attached hydrogens (tertiary/aromatic N) is 2. The lowest BCUT2D eigenvalue weighted by Crippen LogP contribution is -2.11. The molecule has 1 rings (SSSR count). The van der Waals surface area contributed by atoms with Crippen LogP contribution in [0.2, 0.25) is 0 Å². The minimum atomic E-state index is -0.715. The maximum atomic E-state index is 10.5. The van der Waals surface area contributed by atoms with Crippen molar-refractivity contribution in [3.05, 3.63) is 18.1 Å². The quantitative estimate of drug-likeness (QED) is 0.742. The second kappa shape index (κ2) is 7.63. The Morgan fingerprint density at radius 1 is 1.44 bits per heavy atom. The Morgan fingerprint density at radius 2 is 2.22 bits per heavy atom. The standard InChI is InChI=1S/C13H21N3O2/c1-3-11(4-5-13(17)18)6-7-14-12-8-10(2)15-9-16-12/h8-9,11H,3-7H2,1-2H3,(H,17,18)(H,14,15,16). The molecule has 18 heavy (non-hydrogen) atoms. The average molecular weight is 251 g/mol. The Labute approximate surface area is 108 Å². The molecule has 5 heteroatoms. The SMILES string of the molecule is CCC(CCNc1cc(C)ncn1)CCC(=O)O. The molecule has 0 amide bonds. The van der Waals surface area contributed by atoms with E-state index in [1.807, 2.05) is 13.0 Å². The number of carboxylic acid groups (broad SMARTS) is 1. The molecule has 0 bridgehead atoms. The molecule has 2 N–H and O–H groups in total. The van der Waals surface area contributed by atoms with Crippen LogP contribution >= 0.6 is 0 Å². The summed E-state index contributed by atoms with van der Waals surface area (Å²) in [6, 6.07) is 1.90. The van der Waals surface area contributed by atoms with E-state index in [1.54, 1.807) is 6.33 Å². The van der Waals surface area contributed by atoms with Gasteiger partial charge < -0.3 is 10.4 Å². The summed E-state index contributed by atoms with van der Waals surface area (Å²) in [7, 11) is 0. The van der Waals surface area contributed by atoms with Crippen LogP contribution in [0.1, 0.15) is 38.3 Å². The molecule has 1 aromatic rings. The number of aliphatic carboxylic acids is 1. The van der Waals surface area contributed by atoms with Crippen molar-refractivity contribution in [2.45, 2.75) is 39.5 Å². The van der Waals surface area contributed by atoms with E-state index in [9.17, 15) is 4.79 Å². The molecule has 0 fully saturated rings. The molecule has 0 radical (unpaired) electrons. The molecule has 1 unspecified atom stereocenters. The van der Waals surface area contributed by atoms with Crippen molar-refractivity contribution in [1.82, 2.24) is 9.97 Å². The van der Waals surface area contributed by atoms with E-state index in [0.29, 0.717) is 5.92 Å². The molecular formula is C13H21N3O2. The van der Waals surface area contributed by atoms with Crippen LogP contribution in [0.5, 0.6) is 0 Å². The predicted octanol–water partition coefficient (Wildman–Crippen LogP) is 2.48. The van der Waals surface area contributed by atoms with Crippen molar-refractivity contribution in [2.24, 2.45) is 5.92 Å². The van der Waals surface area contributed by atoms with Crippen LogP contribution in [-0.2, 0) is 4.79 Å². The van der Waals surface area contributed by atoms with E-state index in [2.05, 4.69) is 22.2 Å². The lowest BCUT2D eigenvalue weighted by molar-refractivity contribution is -0.137. The third-order valence-electron chi connectivity index (χ3n) is 3.01.